The number of fused-ring (bicyclic) bond motifs is 1. The van der Waals surface area contributed by atoms with Crippen molar-refractivity contribution in [2.24, 2.45) is 0 Å². The normalized spacial score (nSPS) is 16.3. The number of allylic oxidation sites excluding steroid dienone is 4. The van der Waals surface area contributed by atoms with Crippen LogP contribution >= 0.6 is 0 Å². The van der Waals surface area contributed by atoms with Crippen LogP contribution in [0.5, 0.6) is 0 Å². The Bertz CT molecular complexity index is 812. The van der Waals surface area contributed by atoms with E-state index < -0.39 is 11.7 Å². The van der Waals surface area contributed by atoms with Gasteiger partial charge in [0.05, 0.1) is 5.57 Å². The third-order valence-corrected chi connectivity index (χ3v) is 4.93. The van der Waals surface area contributed by atoms with Gasteiger partial charge in [-0.2, -0.15) is 13.2 Å². The van der Waals surface area contributed by atoms with Crippen LogP contribution in [0, 0.1) is 0 Å². The zero-order chi connectivity index (χ0) is 18.6. The van der Waals surface area contributed by atoms with E-state index in [0.29, 0.717) is 12.8 Å². The Labute approximate surface area is 152 Å². The lowest BCUT2D eigenvalue weighted by molar-refractivity contribution is -0.0887. The van der Waals surface area contributed by atoms with Crippen LogP contribution < -0.4 is 5.32 Å². The summed E-state index contributed by atoms with van der Waals surface area (Å²) in [5, 5.41) is 5.97. The van der Waals surface area contributed by atoms with E-state index in [0.717, 1.165) is 25.0 Å². The first kappa shape index (κ1) is 18.7. The molecule has 0 radical (unpaired) electrons. The van der Waals surface area contributed by atoms with Crippen LogP contribution in [-0.4, -0.2) is 12.7 Å². The van der Waals surface area contributed by atoms with Gasteiger partial charge >= 0.3 is 6.18 Å². The van der Waals surface area contributed by atoms with Gasteiger partial charge in [-0.3, -0.25) is 0 Å². The smallest absolute Gasteiger partial charge is 0.310 e. The van der Waals surface area contributed by atoms with Crippen molar-refractivity contribution in [3.63, 3.8) is 0 Å². The van der Waals surface area contributed by atoms with Crippen LogP contribution in [0.4, 0.5) is 13.2 Å². The summed E-state index contributed by atoms with van der Waals surface area (Å²) in [4.78, 5) is 0. The minimum Gasteiger partial charge on any atom is -0.310 e. The van der Waals surface area contributed by atoms with Crippen molar-refractivity contribution >= 4 is 10.8 Å². The van der Waals surface area contributed by atoms with Crippen molar-refractivity contribution < 1.29 is 13.2 Å². The van der Waals surface area contributed by atoms with Crippen molar-refractivity contribution in [1.29, 1.82) is 0 Å². The van der Waals surface area contributed by atoms with E-state index in [9.17, 15) is 13.2 Å². The molecule has 138 valence electrons. The van der Waals surface area contributed by atoms with Crippen molar-refractivity contribution in [2.45, 2.75) is 44.8 Å². The van der Waals surface area contributed by atoms with Gasteiger partial charge in [-0.1, -0.05) is 60.2 Å². The molecule has 0 spiro atoms. The summed E-state index contributed by atoms with van der Waals surface area (Å²) in [6.07, 6.45) is 1.17. The molecule has 1 atom stereocenters. The molecule has 1 aliphatic carbocycles. The summed E-state index contributed by atoms with van der Waals surface area (Å²) in [6.45, 7) is 2.92. The summed E-state index contributed by atoms with van der Waals surface area (Å²) >= 11 is 0. The predicted octanol–water partition coefficient (Wildman–Crippen LogP) is 6.48. The van der Waals surface area contributed by atoms with Crippen LogP contribution in [-0.2, 0) is 0 Å². The fraction of sp³-hybridized carbons (Fsp3) is 0.364. The summed E-state index contributed by atoms with van der Waals surface area (Å²) in [5.41, 5.74) is 1.66. The quantitative estimate of drug-likeness (QED) is 0.582. The van der Waals surface area contributed by atoms with Crippen molar-refractivity contribution in [1.82, 2.24) is 5.32 Å². The van der Waals surface area contributed by atoms with Gasteiger partial charge < -0.3 is 5.32 Å². The average molecular weight is 359 g/mol. The molecule has 1 N–H and O–H groups in total. The Kier molecular flexibility index (Phi) is 5.82. The lowest BCUT2D eigenvalue weighted by atomic mass is 9.95. The van der Waals surface area contributed by atoms with E-state index >= 15 is 0 Å². The molecule has 0 saturated carbocycles. The van der Waals surface area contributed by atoms with Gasteiger partial charge in [0.1, 0.15) is 0 Å². The minimum absolute atomic E-state index is 0.201. The molecule has 1 nitrogen and oxygen atoms in total. The van der Waals surface area contributed by atoms with Crippen LogP contribution in [0.15, 0.2) is 65.8 Å². The van der Waals surface area contributed by atoms with Crippen molar-refractivity contribution in [2.75, 3.05) is 6.54 Å². The minimum atomic E-state index is -4.23. The zero-order valence-corrected chi connectivity index (χ0v) is 14.9. The number of hydrogen-bond acceptors (Lipinski definition) is 1. The number of rotatable bonds is 6. The van der Waals surface area contributed by atoms with Gasteiger partial charge in [-0.05, 0) is 55.5 Å². The number of alkyl halides is 3. The molecule has 2 aromatic rings. The van der Waals surface area contributed by atoms with Crippen LogP contribution in [0.3, 0.4) is 0 Å². The number of halogens is 3. The van der Waals surface area contributed by atoms with E-state index in [4.69, 9.17) is 0 Å². The van der Waals surface area contributed by atoms with E-state index in [2.05, 4.69) is 42.6 Å². The second-order valence-corrected chi connectivity index (χ2v) is 6.85. The Morgan fingerprint density at radius 3 is 2.65 bits per heavy atom. The molecule has 0 unspecified atom stereocenters. The lowest BCUT2D eigenvalue weighted by Crippen LogP contribution is -2.20. The summed E-state index contributed by atoms with van der Waals surface area (Å²) in [6, 6.07) is 14.8. The topological polar surface area (TPSA) is 12.0 Å². The largest absolute Gasteiger partial charge is 0.416 e. The first-order valence-electron chi connectivity index (χ1n) is 9.13. The maximum atomic E-state index is 12.8. The van der Waals surface area contributed by atoms with Crippen molar-refractivity contribution in [3.05, 3.63) is 71.3 Å². The molecule has 0 amide bonds. The number of nitrogens with one attached hydrogen (secondary N) is 1. The summed E-state index contributed by atoms with van der Waals surface area (Å²) in [7, 11) is 0. The fourth-order valence-corrected chi connectivity index (χ4v) is 3.53. The van der Waals surface area contributed by atoms with E-state index in [-0.39, 0.29) is 6.04 Å². The standard InChI is InChI=1S/C22H24F3N/c1-16(20-13-5-10-18-9-2-3-12-21(18)20)26-14-6-8-17-7-4-11-19(15-17)22(23,24)25/h2-3,5,9-13,15-16,26H,4,6-8,14H2,1H3/t16-/m1/s1. The molecule has 0 bridgehead atoms. The van der Waals surface area contributed by atoms with Crippen LogP contribution in [0.1, 0.15) is 44.2 Å². The molecule has 0 aromatic heterocycles. The summed E-state index contributed by atoms with van der Waals surface area (Å²) < 4.78 is 38.4. The molecule has 0 aliphatic heterocycles. The lowest BCUT2D eigenvalue weighted by Gasteiger charge is -2.18. The molecule has 2 aromatic carbocycles. The third kappa shape index (κ3) is 4.55. The van der Waals surface area contributed by atoms with E-state index in [1.807, 2.05) is 12.1 Å². The van der Waals surface area contributed by atoms with Crippen LogP contribution in [0.2, 0.25) is 0 Å². The molecular weight excluding hydrogens is 335 g/mol. The first-order valence-corrected chi connectivity index (χ1v) is 9.13. The molecule has 26 heavy (non-hydrogen) atoms. The molecule has 4 heteroatoms. The molecule has 0 saturated heterocycles. The number of benzene rings is 2. The molecule has 0 fully saturated rings. The molecule has 3 rings (SSSR count). The highest BCUT2D eigenvalue weighted by molar-refractivity contribution is 5.86. The Morgan fingerprint density at radius 2 is 1.85 bits per heavy atom. The van der Waals surface area contributed by atoms with Gasteiger partial charge in [-0.25, -0.2) is 0 Å². The Balaban J connectivity index is 1.54. The molecular formula is C22H24F3N. The van der Waals surface area contributed by atoms with Gasteiger partial charge in [0.15, 0.2) is 0 Å². The third-order valence-electron chi connectivity index (χ3n) is 4.93. The Morgan fingerprint density at radius 1 is 1.08 bits per heavy atom. The van der Waals surface area contributed by atoms with Gasteiger partial charge in [0.2, 0.25) is 0 Å². The predicted molar refractivity (Wildman–Crippen MR) is 101 cm³/mol. The highest BCUT2D eigenvalue weighted by Crippen LogP contribution is 2.32. The summed E-state index contributed by atoms with van der Waals surface area (Å²) in [5.74, 6) is 0. The second kappa shape index (κ2) is 8.09. The number of hydrogen-bond donors (Lipinski definition) is 1. The SMILES string of the molecule is C[C@@H](NCCCC1=CC(C(F)(F)F)=CCC1)c1cccc2ccccc12. The average Bonchev–Trinajstić information content (AvgIpc) is 2.64. The highest BCUT2D eigenvalue weighted by Gasteiger charge is 2.32. The highest BCUT2D eigenvalue weighted by atomic mass is 19.4. The zero-order valence-electron chi connectivity index (χ0n) is 14.9. The molecule has 1 aliphatic rings. The second-order valence-electron chi connectivity index (χ2n) is 6.85. The monoisotopic (exact) mass is 359 g/mol. The first-order chi connectivity index (χ1) is 12.4. The van der Waals surface area contributed by atoms with Crippen LogP contribution in [0.25, 0.3) is 10.8 Å². The van der Waals surface area contributed by atoms with Crippen molar-refractivity contribution in [3.8, 4) is 0 Å². The maximum absolute atomic E-state index is 12.8. The fourth-order valence-electron chi connectivity index (χ4n) is 3.53. The van der Waals surface area contributed by atoms with Gasteiger partial charge in [0, 0.05) is 6.04 Å². The van der Waals surface area contributed by atoms with Gasteiger partial charge in [0.25, 0.3) is 0 Å². The maximum Gasteiger partial charge on any atom is 0.416 e. The molecule has 0 heterocycles. The van der Waals surface area contributed by atoms with E-state index in [1.165, 1.54) is 28.5 Å². The van der Waals surface area contributed by atoms with E-state index in [1.54, 1.807) is 0 Å². The Hall–Kier alpha value is -2.07. The van der Waals surface area contributed by atoms with Gasteiger partial charge in [-0.15, -0.1) is 0 Å².